The van der Waals surface area contributed by atoms with Crippen LogP contribution in [0.25, 0.3) is 0 Å². The SMILES string of the molecule is Cl.c1cc(COCc2ccncc2)ccn1. The first-order chi connectivity index (χ1) is 7.45. The lowest BCUT2D eigenvalue weighted by atomic mass is 10.3. The van der Waals surface area contributed by atoms with Gasteiger partial charge in [0.1, 0.15) is 0 Å². The average molecular weight is 237 g/mol. The Morgan fingerprint density at radius 2 is 1.12 bits per heavy atom. The van der Waals surface area contributed by atoms with Gasteiger partial charge in [0, 0.05) is 24.8 Å². The highest BCUT2D eigenvalue weighted by atomic mass is 35.5. The van der Waals surface area contributed by atoms with Crippen LogP contribution >= 0.6 is 12.4 Å². The first kappa shape index (κ1) is 12.6. The Kier molecular flexibility index (Phi) is 5.46. The summed E-state index contributed by atoms with van der Waals surface area (Å²) in [5, 5.41) is 0. The van der Waals surface area contributed by atoms with E-state index in [1.807, 2.05) is 24.3 Å². The van der Waals surface area contributed by atoms with Gasteiger partial charge >= 0.3 is 0 Å². The lowest BCUT2D eigenvalue weighted by Gasteiger charge is -2.03. The third-order valence-corrected chi connectivity index (χ3v) is 2.04. The number of hydrogen-bond donors (Lipinski definition) is 0. The maximum atomic E-state index is 5.55. The highest BCUT2D eigenvalue weighted by molar-refractivity contribution is 5.85. The van der Waals surface area contributed by atoms with Gasteiger partial charge in [0.25, 0.3) is 0 Å². The van der Waals surface area contributed by atoms with Crippen molar-refractivity contribution >= 4 is 12.4 Å². The van der Waals surface area contributed by atoms with E-state index in [1.54, 1.807) is 24.8 Å². The molecular weight excluding hydrogens is 224 g/mol. The zero-order chi connectivity index (χ0) is 10.3. The molecular formula is C12H13ClN2O. The van der Waals surface area contributed by atoms with Crippen LogP contribution in [0.3, 0.4) is 0 Å². The standard InChI is InChI=1S/C12H12N2O.ClH/c1-5-13-6-2-11(1)9-15-10-12-3-7-14-8-4-12;/h1-8H,9-10H2;1H. The Labute approximate surface area is 101 Å². The second-order valence-corrected chi connectivity index (χ2v) is 3.20. The minimum atomic E-state index is 0. The van der Waals surface area contributed by atoms with E-state index in [0.717, 1.165) is 11.1 Å². The fourth-order valence-electron chi connectivity index (χ4n) is 1.24. The molecule has 3 nitrogen and oxygen atoms in total. The van der Waals surface area contributed by atoms with Crippen LogP contribution in [0.4, 0.5) is 0 Å². The van der Waals surface area contributed by atoms with Crippen molar-refractivity contribution in [2.45, 2.75) is 13.2 Å². The summed E-state index contributed by atoms with van der Waals surface area (Å²) in [7, 11) is 0. The molecule has 0 spiro atoms. The lowest BCUT2D eigenvalue weighted by Crippen LogP contribution is -1.94. The first-order valence-corrected chi connectivity index (χ1v) is 4.81. The van der Waals surface area contributed by atoms with Crippen LogP contribution in [0.15, 0.2) is 49.1 Å². The van der Waals surface area contributed by atoms with Crippen molar-refractivity contribution in [3.05, 3.63) is 60.2 Å². The summed E-state index contributed by atoms with van der Waals surface area (Å²) in [5.74, 6) is 0. The molecule has 0 unspecified atom stereocenters. The molecule has 2 heterocycles. The zero-order valence-corrected chi connectivity index (χ0v) is 9.56. The maximum absolute atomic E-state index is 5.55. The Balaban J connectivity index is 0.00000128. The van der Waals surface area contributed by atoms with Gasteiger partial charge < -0.3 is 4.74 Å². The van der Waals surface area contributed by atoms with Gasteiger partial charge in [-0.25, -0.2) is 0 Å². The summed E-state index contributed by atoms with van der Waals surface area (Å²) >= 11 is 0. The summed E-state index contributed by atoms with van der Waals surface area (Å²) in [6, 6.07) is 7.80. The zero-order valence-electron chi connectivity index (χ0n) is 8.74. The molecule has 0 saturated carbocycles. The van der Waals surface area contributed by atoms with Gasteiger partial charge in [0.2, 0.25) is 0 Å². The normalized spacial score (nSPS) is 9.50. The van der Waals surface area contributed by atoms with E-state index in [2.05, 4.69) is 9.97 Å². The smallest absolute Gasteiger partial charge is 0.0722 e. The van der Waals surface area contributed by atoms with E-state index >= 15 is 0 Å². The topological polar surface area (TPSA) is 35.0 Å². The molecule has 4 heteroatoms. The number of nitrogens with zero attached hydrogens (tertiary/aromatic N) is 2. The number of halogens is 1. The molecule has 0 radical (unpaired) electrons. The van der Waals surface area contributed by atoms with Gasteiger partial charge in [-0.05, 0) is 35.4 Å². The molecule has 84 valence electrons. The van der Waals surface area contributed by atoms with Gasteiger partial charge in [0.05, 0.1) is 13.2 Å². The quantitative estimate of drug-likeness (QED) is 0.819. The molecule has 0 aliphatic rings. The van der Waals surface area contributed by atoms with Gasteiger partial charge in [-0.2, -0.15) is 0 Å². The molecule has 2 rings (SSSR count). The van der Waals surface area contributed by atoms with Gasteiger partial charge in [-0.3, -0.25) is 9.97 Å². The van der Waals surface area contributed by atoms with Gasteiger partial charge in [0.15, 0.2) is 0 Å². The number of ether oxygens (including phenoxy) is 1. The van der Waals surface area contributed by atoms with Crippen molar-refractivity contribution in [1.82, 2.24) is 9.97 Å². The summed E-state index contributed by atoms with van der Waals surface area (Å²) in [5.41, 5.74) is 2.28. The Morgan fingerprint density at radius 1 is 0.750 bits per heavy atom. The number of rotatable bonds is 4. The van der Waals surface area contributed by atoms with E-state index in [0.29, 0.717) is 13.2 Å². The molecule has 0 fully saturated rings. The largest absolute Gasteiger partial charge is 0.372 e. The van der Waals surface area contributed by atoms with Crippen molar-refractivity contribution in [3.8, 4) is 0 Å². The molecule has 0 aliphatic carbocycles. The molecule has 0 N–H and O–H groups in total. The molecule has 0 atom stereocenters. The minimum absolute atomic E-state index is 0. The number of aromatic nitrogens is 2. The second kappa shape index (κ2) is 6.93. The van der Waals surface area contributed by atoms with Crippen LogP contribution in [-0.4, -0.2) is 9.97 Å². The van der Waals surface area contributed by atoms with Crippen LogP contribution in [0.2, 0.25) is 0 Å². The van der Waals surface area contributed by atoms with Crippen LogP contribution in [-0.2, 0) is 18.0 Å². The fraction of sp³-hybridized carbons (Fsp3) is 0.167. The average Bonchev–Trinajstić information content (AvgIpc) is 2.32. The molecule has 16 heavy (non-hydrogen) atoms. The fourth-order valence-corrected chi connectivity index (χ4v) is 1.24. The summed E-state index contributed by atoms with van der Waals surface area (Å²) in [6.07, 6.45) is 7.08. The van der Waals surface area contributed by atoms with Crippen molar-refractivity contribution in [2.75, 3.05) is 0 Å². The molecule has 0 amide bonds. The van der Waals surface area contributed by atoms with Crippen LogP contribution in [0.5, 0.6) is 0 Å². The van der Waals surface area contributed by atoms with Crippen molar-refractivity contribution in [1.29, 1.82) is 0 Å². The van der Waals surface area contributed by atoms with E-state index in [9.17, 15) is 0 Å². The lowest BCUT2D eigenvalue weighted by molar-refractivity contribution is 0.107. The molecule has 0 bridgehead atoms. The summed E-state index contributed by atoms with van der Waals surface area (Å²) < 4.78 is 5.55. The number of hydrogen-bond acceptors (Lipinski definition) is 3. The van der Waals surface area contributed by atoms with Crippen LogP contribution in [0, 0.1) is 0 Å². The Morgan fingerprint density at radius 3 is 1.50 bits per heavy atom. The van der Waals surface area contributed by atoms with E-state index in [4.69, 9.17) is 4.74 Å². The van der Waals surface area contributed by atoms with Gasteiger partial charge in [-0.1, -0.05) is 0 Å². The molecule has 2 aromatic rings. The third-order valence-electron chi connectivity index (χ3n) is 2.04. The van der Waals surface area contributed by atoms with E-state index in [1.165, 1.54) is 0 Å². The van der Waals surface area contributed by atoms with Crippen molar-refractivity contribution in [2.24, 2.45) is 0 Å². The molecule has 2 aromatic heterocycles. The maximum Gasteiger partial charge on any atom is 0.0722 e. The highest BCUT2D eigenvalue weighted by Crippen LogP contribution is 2.03. The van der Waals surface area contributed by atoms with Crippen LogP contribution in [0.1, 0.15) is 11.1 Å². The predicted molar refractivity (Wildman–Crippen MR) is 64.2 cm³/mol. The van der Waals surface area contributed by atoms with Crippen LogP contribution < -0.4 is 0 Å². The van der Waals surface area contributed by atoms with E-state index < -0.39 is 0 Å². The predicted octanol–water partition coefficient (Wildman–Crippen LogP) is 2.62. The summed E-state index contributed by atoms with van der Waals surface area (Å²) in [4.78, 5) is 7.90. The third kappa shape index (κ3) is 3.96. The molecule has 0 aromatic carbocycles. The minimum Gasteiger partial charge on any atom is -0.372 e. The number of pyridine rings is 2. The highest BCUT2D eigenvalue weighted by Gasteiger charge is 1.93. The monoisotopic (exact) mass is 236 g/mol. The van der Waals surface area contributed by atoms with Crippen molar-refractivity contribution < 1.29 is 4.74 Å². The first-order valence-electron chi connectivity index (χ1n) is 4.81. The Hall–Kier alpha value is -1.45. The van der Waals surface area contributed by atoms with E-state index in [-0.39, 0.29) is 12.4 Å². The Bertz CT molecular complexity index is 355. The second-order valence-electron chi connectivity index (χ2n) is 3.20. The molecule has 0 aliphatic heterocycles. The van der Waals surface area contributed by atoms with Crippen molar-refractivity contribution in [3.63, 3.8) is 0 Å². The molecule has 0 saturated heterocycles. The summed E-state index contributed by atoms with van der Waals surface area (Å²) in [6.45, 7) is 1.23. The van der Waals surface area contributed by atoms with Gasteiger partial charge in [-0.15, -0.1) is 12.4 Å².